The molecule has 0 aromatic heterocycles. The number of hydrogen-bond donors (Lipinski definition) is 2. The van der Waals surface area contributed by atoms with Crippen LogP contribution in [-0.4, -0.2) is 46.2 Å². The summed E-state index contributed by atoms with van der Waals surface area (Å²) in [5.74, 6) is 0.0245. The van der Waals surface area contributed by atoms with Gasteiger partial charge in [-0.1, -0.05) is 13.3 Å². The normalized spacial score (nSPS) is 20.3. The Morgan fingerprint density at radius 1 is 1.60 bits per heavy atom. The zero-order valence-electron chi connectivity index (χ0n) is 8.73. The molecule has 15 heavy (non-hydrogen) atoms. The van der Waals surface area contributed by atoms with Crippen LogP contribution < -0.4 is 5.32 Å². The van der Waals surface area contributed by atoms with Gasteiger partial charge in [0.15, 0.2) is 0 Å². The van der Waals surface area contributed by atoms with Crippen molar-refractivity contribution >= 4 is 23.8 Å². The second kappa shape index (κ2) is 5.85. The summed E-state index contributed by atoms with van der Waals surface area (Å²) in [6.45, 7) is 2.65. The molecule has 0 aromatic carbocycles. The van der Waals surface area contributed by atoms with Gasteiger partial charge in [0, 0.05) is 12.3 Å². The highest BCUT2D eigenvalue weighted by atomic mass is 32.2. The largest absolute Gasteiger partial charge is 0.480 e. The molecule has 6 heteroatoms. The number of nitrogens with zero attached hydrogens (tertiary/aromatic N) is 1. The fraction of sp³-hybridized carbons (Fsp3) is 0.778. The van der Waals surface area contributed by atoms with Gasteiger partial charge in [0.2, 0.25) is 0 Å². The molecule has 1 aliphatic heterocycles. The van der Waals surface area contributed by atoms with Crippen LogP contribution in [0.3, 0.4) is 0 Å². The van der Waals surface area contributed by atoms with E-state index in [2.05, 4.69) is 5.32 Å². The first-order valence-electron chi connectivity index (χ1n) is 5.01. The average molecular weight is 232 g/mol. The van der Waals surface area contributed by atoms with Gasteiger partial charge in [-0.15, -0.1) is 11.8 Å². The van der Waals surface area contributed by atoms with Gasteiger partial charge in [0.05, 0.1) is 5.88 Å². The lowest BCUT2D eigenvalue weighted by molar-refractivity contribution is -0.140. The maximum Gasteiger partial charge on any atom is 0.327 e. The first-order chi connectivity index (χ1) is 7.16. The zero-order chi connectivity index (χ0) is 11.3. The highest BCUT2D eigenvalue weighted by Gasteiger charge is 2.34. The third-order valence-corrected chi connectivity index (χ3v) is 3.25. The maximum atomic E-state index is 11.6. The zero-order valence-corrected chi connectivity index (χ0v) is 9.55. The third kappa shape index (κ3) is 3.30. The van der Waals surface area contributed by atoms with Crippen LogP contribution >= 0.6 is 11.8 Å². The number of carbonyl (C=O) groups excluding carboxylic acids is 1. The second-order valence-corrected chi connectivity index (χ2v) is 4.41. The quantitative estimate of drug-likeness (QED) is 0.708. The van der Waals surface area contributed by atoms with Crippen molar-refractivity contribution in [2.45, 2.75) is 25.8 Å². The molecule has 0 saturated carbocycles. The number of thioether (sulfide) groups is 1. The Bertz CT molecular complexity index is 248. The van der Waals surface area contributed by atoms with Gasteiger partial charge in [0.25, 0.3) is 0 Å². The van der Waals surface area contributed by atoms with Crippen LogP contribution in [0.1, 0.15) is 19.8 Å². The molecule has 1 saturated heterocycles. The number of aliphatic carboxylic acids is 1. The van der Waals surface area contributed by atoms with Crippen LogP contribution in [0.4, 0.5) is 4.79 Å². The van der Waals surface area contributed by atoms with Crippen LogP contribution in [-0.2, 0) is 4.79 Å². The van der Waals surface area contributed by atoms with Crippen molar-refractivity contribution in [3.63, 3.8) is 0 Å². The van der Waals surface area contributed by atoms with E-state index in [1.54, 1.807) is 0 Å². The molecule has 0 aromatic rings. The fourth-order valence-electron chi connectivity index (χ4n) is 1.32. The van der Waals surface area contributed by atoms with Gasteiger partial charge in [0.1, 0.15) is 6.04 Å². The number of urea groups is 1. The summed E-state index contributed by atoms with van der Waals surface area (Å²) < 4.78 is 0. The van der Waals surface area contributed by atoms with E-state index in [9.17, 15) is 9.59 Å². The summed E-state index contributed by atoms with van der Waals surface area (Å²) >= 11 is 1.47. The number of nitrogens with one attached hydrogen (secondary N) is 1. The molecule has 1 aliphatic rings. The Kier molecular flexibility index (Phi) is 4.74. The molecule has 1 rings (SSSR count). The summed E-state index contributed by atoms with van der Waals surface area (Å²) in [6, 6.07) is -0.933. The van der Waals surface area contributed by atoms with Crippen molar-refractivity contribution in [3.05, 3.63) is 0 Å². The van der Waals surface area contributed by atoms with Crippen LogP contribution in [0.15, 0.2) is 0 Å². The molecule has 2 amide bonds. The van der Waals surface area contributed by atoms with E-state index in [0.29, 0.717) is 18.2 Å². The van der Waals surface area contributed by atoms with Crippen molar-refractivity contribution in [2.75, 3.05) is 18.2 Å². The van der Waals surface area contributed by atoms with Crippen molar-refractivity contribution < 1.29 is 14.7 Å². The number of carbonyl (C=O) groups is 2. The summed E-state index contributed by atoms with van der Waals surface area (Å²) in [7, 11) is 0. The van der Waals surface area contributed by atoms with Gasteiger partial charge in [-0.05, 0) is 6.42 Å². The van der Waals surface area contributed by atoms with Gasteiger partial charge in [-0.3, -0.25) is 0 Å². The minimum absolute atomic E-state index is 0.263. The molecule has 0 aliphatic carbocycles. The molecule has 0 radical (unpaired) electrons. The molecule has 0 bridgehead atoms. The Morgan fingerprint density at radius 2 is 2.33 bits per heavy atom. The van der Waals surface area contributed by atoms with E-state index in [1.807, 2.05) is 6.92 Å². The van der Waals surface area contributed by atoms with Gasteiger partial charge in [-0.2, -0.15) is 0 Å². The van der Waals surface area contributed by atoms with Crippen LogP contribution in [0.25, 0.3) is 0 Å². The van der Waals surface area contributed by atoms with E-state index in [1.165, 1.54) is 16.7 Å². The number of amides is 2. The summed E-state index contributed by atoms with van der Waals surface area (Å²) in [4.78, 5) is 23.8. The lowest BCUT2D eigenvalue weighted by Gasteiger charge is -2.20. The average Bonchev–Trinajstić information content (AvgIpc) is 2.66. The Labute approximate surface area is 93.2 Å². The Hall–Kier alpha value is -0.910. The van der Waals surface area contributed by atoms with Crippen molar-refractivity contribution in [3.8, 4) is 0 Å². The molecule has 0 spiro atoms. The predicted molar refractivity (Wildman–Crippen MR) is 58.9 cm³/mol. The molecular formula is C9H16N2O3S. The molecule has 5 nitrogen and oxygen atoms in total. The number of rotatable bonds is 4. The van der Waals surface area contributed by atoms with Crippen molar-refractivity contribution in [1.29, 1.82) is 0 Å². The smallest absolute Gasteiger partial charge is 0.327 e. The second-order valence-electron chi connectivity index (χ2n) is 3.41. The predicted octanol–water partition coefficient (Wildman–Crippen LogP) is 0.956. The fourth-order valence-corrected chi connectivity index (χ4v) is 2.47. The topological polar surface area (TPSA) is 69.6 Å². The highest BCUT2D eigenvalue weighted by molar-refractivity contribution is 7.99. The van der Waals surface area contributed by atoms with E-state index < -0.39 is 12.0 Å². The van der Waals surface area contributed by atoms with Gasteiger partial charge < -0.3 is 15.3 Å². The van der Waals surface area contributed by atoms with Crippen molar-refractivity contribution in [2.24, 2.45) is 0 Å². The molecule has 2 N–H and O–H groups in total. The summed E-state index contributed by atoms with van der Waals surface area (Å²) in [5.41, 5.74) is 0. The summed E-state index contributed by atoms with van der Waals surface area (Å²) in [6.07, 6.45) is 1.93. The van der Waals surface area contributed by atoms with Gasteiger partial charge in [-0.25, -0.2) is 9.59 Å². The Morgan fingerprint density at radius 3 is 2.93 bits per heavy atom. The lowest BCUT2D eigenvalue weighted by atomic mass is 10.3. The molecular weight excluding hydrogens is 216 g/mol. The van der Waals surface area contributed by atoms with Gasteiger partial charge >= 0.3 is 12.0 Å². The standard InChI is InChI=1S/C9H16N2O3S/c1-2-3-4-10-9(14)11-6-15-5-7(11)8(12)13/h7H,2-6H2,1H3,(H,10,14)(H,12,13). The Balaban J connectivity index is 2.40. The SMILES string of the molecule is CCCCNC(=O)N1CSCC1C(=O)O. The van der Waals surface area contributed by atoms with E-state index in [4.69, 9.17) is 5.11 Å². The monoisotopic (exact) mass is 232 g/mol. The van der Waals surface area contributed by atoms with E-state index in [0.717, 1.165) is 12.8 Å². The molecule has 1 fully saturated rings. The molecule has 1 atom stereocenters. The maximum absolute atomic E-state index is 11.6. The first kappa shape index (κ1) is 12.2. The van der Waals surface area contributed by atoms with Crippen LogP contribution in [0.5, 0.6) is 0 Å². The first-order valence-corrected chi connectivity index (χ1v) is 6.17. The van der Waals surface area contributed by atoms with E-state index in [-0.39, 0.29) is 6.03 Å². The number of carboxylic acids is 1. The molecule has 1 heterocycles. The lowest BCUT2D eigenvalue weighted by Crippen LogP contribution is -2.47. The molecule has 86 valence electrons. The minimum atomic E-state index is -0.925. The van der Waals surface area contributed by atoms with Crippen molar-refractivity contribution in [1.82, 2.24) is 10.2 Å². The third-order valence-electron chi connectivity index (χ3n) is 2.23. The van der Waals surface area contributed by atoms with Crippen LogP contribution in [0, 0.1) is 0 Å². The van der Waals surface area contributed by atoms with E-state index >= 15 is 0 Å². The minimum Gasteiger partial charge on any atom is -0.480 e. The number of carboxylic acid groups (broad SMARTS) is 1. The summed E-state index contributed by atoms with van der Waals surface area (Å²) in [5, 5.41) is 11.6. The van der Waals surface area contributed by atoms with Crippen LogP contribution in [0.2, 0.25) is 0 Å². The number of hydrogen-bond acceptors (Lipinski definition) is 3. The molecule has 1 unspecified atom stereocenters. The number of unbranched alkanes of at least 4 members (excludes halogenated alkanes) is 1. The highest BCUT2D eigenvalue weighted by Crippen LogP contribution is 2.20.